The van der Waals surface area contributed by atoms with Crippen molar-refractivity contribution in [1.82, 2.24) is 0 Å². The molecule has 88 valence electrons. The zero-order chi connectivity index (χ0) is 11.2. The number of hydrogen-bond donors (Lipinski definition) is 0. The lowest BCUT2D eigenvalue weighted by Gasteiger charge is -1.99. The molecule has 0 N–H and O–H groups in total. The van der Waals surface area contributed by atoms with Crippen LogP contribution in [-0.4, -0.2) is 5.75 Å². The molecular formula is C13H25OS+. The maximum Gasteiger partial charge on any atom is 0.463 e. The van der Waals surface area contributed by atoms with E-state index in [1.165, 1.54) is 51.4 Å². The SMILES string of the molecule is CCCCCCCCCCC=CC[S+]=O. The summed E-state index contributed by atoms with van der Waals surface area (Å²) < 4.78 is 10.1. The Morgan fingerprint density at radius 1 is 0.867 bits per heavy atom. The van der Waals surface area contributed by atoms with E-state index in [1.54, 1.807) is 0 Å². The van der Waals surface area contributed by atoms with E-state index in [0.717, 1.165) is 6.42 Å². The number of allylic oxidation sites excluding steroid dienone is 1. The van der Waals surface area contributed by atoms with Gasteiger partial charge in [-0.2, -0.15) is 0 Å². The summed E-state index contributed by atoms with van der Waals surface area (Å²) >= 11 is 0.644. The van der Waals surface area contributed by atoms with E-state index in [4.69, 9.17) is 0 Å². The summed E-state index contributed by atoms with van der Waals surface area (Å²) in [6.45, 7) is 2.26. The molecule has 0 aliphatic carbocycles. The largest absolute Gasteiger partial charge is 0.463 e. The molecule has 0 amide bonds. The van der Waals surface area contributed by atoms with Crippen molar-refractivity contribution in [2.24, 2.45) is 0 Å². The number of unbranched alkanes of at least 4 members (excludes halogenated alkanes) is 8. The van der Waals surface area contributed by atoms with Gasteiger partial charge in [0.15, 0.2) is 0 Å². The zero-order valence-corrected chi connectivity index (χ0v) is 10.9. The molecule has 0 bridgehead atoms. The van der Waals surface area contributed by atoms with Crippen molar-refractivity contribution >= 4 is 11.7 Å². The quantitative estimate of drug-likeness (QED) is 0.289. The first-order valence-electron chi connectivity index (χ1n) is 6.31. The molecule has 0 heterocycles. The van der Waals surface area contributed by atoms with Crippen LogP contribution in [0, 0.1) is 0 Å². The minimum Gasteiger partial charge on any atom is -0.0831 e. The normalized spacial score (nSPS) is 11.0. The fourth-order valence-electron chi connectivity index (χ4n) is 1.62. The van der Waals surface area contributed by atoms with Crippen molar-refractivity contribution in [2.75, 3.05) is 5.75 Å². The maximum absolute atomic E-state index is 10.1. The molecule has 0 aromatic heterocycles. The first kappa shape index (κ1) is 14.8. The molecule has 0 rings (SSSR count). The van der Waals surface area contributed by atoms with Gasteiger partial charge in [0.25, 0.3) is 0 Å². The fourth-order valence-corrected chi connectivity index (χ4v) is 1.84. The van der Waals surface area contributed by atoms with Crippen LogP contribution < -0.4 is 0 Å². The van der Waals surface area contributed by atoms with Gasteiger partial charge in [-0.3, -0.25) is 0 Å². The van der Waals surface area contributed by atoms with Crippen molar-refractivity contribution in [2.45, 2.75) is 64.7 Å². The van der Waals surface area contributed by atoms with Crippen LogP contribution in [-0.2, 0) is 15.9 Å². The average molecular weight is 229 g/mol. The van der Waals surface area contributed by atoms with Crippen molar-refractivity contribution in [3.63, 3.8) is 0 Å². The third-order valence-corrected chi connectivity index (χ3v) is 2.88. The third kappa shape index (κ3) is 13.8. The van der Waals surface area contributed by atoms with Crippen LogP contribution in [0.1, 0.15) is 64.7 Å². The molecule has 2 heteroatoms. The van der Waals surface area contributed by atoms with Gasteiger partial charge in [0, 0.05) is 4.21 Å². The van der Waals surface area contributed by atoms with E-state index < -0.39 is 0 Å². The van der Waals surface area contributed by atoms with Crippen LogP contribution in [0.5, 0.6) is 0 Å². The average Bonchev–Trinajstić information content (AvgIpc) is 2.26. The van der Waals surface area contributed by atoms with Crippen molar-refractivity contribution in [3.8, 4) is 0 Å². The van der Waals surface area contributed by atoms with Crippen LogP contribution in [0.2, 0.25) is 0 Å². The molecule has 0 aromatic carbocycles. The Kier molecular flexibility index (Phi) is 13.5. The Labute approximate surface area is 98.8 Å². The summed E-state index contributed by atoms with van der Waals surface area (Å²) in [6.07, 6.45) is 16.3. The predicted molar refractivity (Wildman–Crippen MR) is 69.3 cm³/mol. The molecule has 0 spiro atoms. The first-order chi connectivity index (χ1) is 7.41. The summed E-state index contributed by atoms with van der Waals surface area (Å²) in [5, 5.41) is 0. The number of hydrogen-bond acceptors (Lipinski definition) is 1. The van der Waals surface area contributed by atoms with E-state index in [0.29, 0.717) is 17.4 Å². The minimum absolute atomic E-state index is 0.622. The van der Waals surface area contributed by atoms with Crippen LogP contribution >= 0.6 is 0 Å². The van der Waals surface area contributed by atoms with Crippen molar-refractivity contribution < 1.29 is 4.21 Å². The summed E-state index contributed by atoms with van der Waals surface area (Å²) in [5.74, 6) is 0.622. The van der Waals surface area contributed by atoms with Crippen LogP contribution in [0.4, 0.5) is 0 Å². The van der Waals surface area contributed by atoms with Gasteiger partial charge >= 0.3 is 11.7 Å². The second kappa shape index (κ2) is 13.8. The van der Waals surface area contributed by atoms with E-state index >= 15 is 0 Å². The van der Waals surface area contributed by atoms with Gasteiger partial charge in [-0.05, 0) is 18.9 Å². The Morgan fingerprint density at radius 2 is 1.47 bits per heavy atom. The molecule has 1 nitrogen and oxygen atoms in total. The van der Waals surface area contributed by atoms with Gasteiger partial charge < -0.3 is 0 Å². The zero-order valence-electron chi connectivity index (χ0n) is 10.0. The highest BCUT2D eigenvalue weighted by molar-refractivity contribution is 7.65. The lowest BCUT2D eigenvalue weighted by atomic mass is 10.1. The topological polar surface area (TPSA) is 17.1 Å². The summed E-state index contributed by atoms with van der Waals surface area (Å²) in [6, 6.07) is 0. The van der Waals surface area contributed by atoms with Gasteiger partial charge in [0.2, 0.25) is 5.75 Å². The predicted octanol–water partition coefficient (Wildman–Crippen LogP) is 4.50. The molecule has 0 aliphatic rings. The highest BCUT2D eigenvalue weighted by atomic mass is 32.1. The monoisotopic (exact) mass is 229 g/mol. The molecule has 0 fully saturated rings. The Bertz CT molecular complexity index is 155. The van der Waals surface area contributed by atoms with Gasteiger partial charge in [-0.25, -0.2) is 0 Å². The summed E-state index contributed by atoms with van der Waals surface area (Å²) in [7, 11) is 0. The van der Waals surface area contributed by atoms with E-state index in [-0.39, 0.29) is 0 Å². The van der Waals surface area contributed by atoms with Crippen LogP contribution in [0.3, 0.4) is 0 Å². The highest BCUT2D eigenvalue weighted by Gasteiger charge is 1.91. The Hall–Kier alpha value is -0.240. The number of rotatable bonds is 11. The van der Waals surface area contributed by atoms with E-state index in [9.17, 15) is 4.21 Å². The van der Waals surface area contributed by atoms with Gasteiger partial charge in [0.05, 0.1) is 0 Å². The lowest BCUT2D eigenvalue weighted by Crippen LogP contribution is -1.80. The fraction of sp³-hybridized carbons (Fsp3) is 0.846. The second-order valence-electron chi connectivity index (χ2n) is 4.02. The molecule has 0 saturated heterocycles. The van der Waals surface area contributed by atoms with E-state index in [2.05, 4.69) is 13.0 Å². The minimum atomic E-state index is 0.622. The molecule has 0 aliphatic heterocycles. The van der Waals surface area contributed by atoms with Gasteiger partial charge in [-0.15, -0.1) is 0 Å². The third-order valence-electron chi connectivity index (χ3n) is 2.56. The summed E-state index contributed by atoms with van der Waals surface area (Å²) in [5.41, 5.74) is 0. The van der Waals surface area contributed by atoms with Crippen LogP contribution in [0.25, 0.3) is 0 Å². The molecule has 0 unspecified atom stereocenters. The standard InChI is InChI=1S/C13H25OS/c1-2-3-4-5-6-7-8-9-10-11-12-13-15-14/h11-12H,2-10,13H2,1H3/q+1. The second-order valence-corrected chi connectivity index (χ2v) is 4.59. The first-order valence-corrected chi connectivity index (χ1v) is 7.22. The maximum atomic E-state index is 10.1. The molecule has 0 saturated carbocycles. The molecule has 15 heavy (non-hydrogen) atoms. The van der Waals surface area contributed by atoms with Crippen molar-refractivity contribution in [1.29, 1.82) is 0 Å². The van der Waals surface area contributed by atoms with Crippen molar-refractivity contribution in [3.05, 3.63) is 12.2 Å². The molecule has 0 atom stereocenters. The summed E-state index contributed by atoms with van der Waals surface area (Å²) in [4.78, 5) is 0. The van der Waals surface area contributed by atoms with Gasteiger partial charge in [0.1, 0.15) is 0 Å². The highest BCUT2D eigenvalue weighted by Crippen LogP contribution is 2.09. The van der Waals surface area contributed by atoms with E-state index in [1.807, 2.05) is 6.08 Å². The molecule has 0 aromatic rings. The Morgan fingerprint density at radius 3 is 2.07 bits per heavy atom. The molecule has 0 radical (unpaired) electrons. The van der Waals surface area contributed by atoms with Gasteiger partial charge in [-0.1, -0.05) is 57.9 Å². The van der Waals surface area contributed by atoms with Crippen LogP contribution in [0.15, 0.2) is 12.2 Å². The molecular weight excluding hydrogens is 204 g/mol. The smallest absolute Gasteiger partial charge is 0.0831 e. The lowest BCUT2D eigenvalue weighted by molar-refractivity contribution is 0.577. The Balaban J connectivity index is 2.95.